The van der Waals surface area contributed by atoms with Gasteiger partial charge >= 0.3 is 11.9 Å². The first-order valence-electron chi connectivity index (χ1n) is 5.14. The number of carbonyl (C=O) groups is 2. The summed E-state index contributed by atoms with van der Waals surface area (Å²) in [6.45, 7) is 0. The van der Waals surface area contributed by atoms with Gasteiger partial charge in [0.1, 0.15) is 11.5 Å². The third-order valence-corrected chi connectivity index (χ3v) is 2.20. The van der Waals surface area contributed by atoms with Crippen molar-refractivity contribution >= 4 is 17.6 Å². The van der Waals surface area contributed by atoms with Gasteiger partial charge in [-0.1, -0.05) is 0 Å². The van der Waals surface area contributed by atoms with Gasteiger partial charge in [0.05, 0.1) is 14.2 Å². The fourth-order valence-corrected chi connectivity index (χ4v) is 1.26. The second kappa shape index (κ2) is 6.29. The van der Waals surface area contributed by atoms with Crippen LogP contribution in [0.1, 0.15) is 0 Å². The molecule has 0 aliphatic carbocycles. The Balaban J connectivity index is 3.01. The normalized spacial score (nSPS) is 9.37. The molecule has 7 heteroatoms. The number of ether oxygens (including phenoxy) is 2. The molecule has 0 fully saturated rings. The van der Waals surface area contributed by atoms with Gasteiger partial charge in [-0.3, -0.25) is 0 Å². The Labute approximate surface area is 109 Å². The van der Waals surface area contributed by atoms with E-state index in [9.17, 15) is 9.59 Å². The second-order valence-corrected chi connectivity index (χ2v) is 3.41. The summed E-state index contributed by atoms with van der Waals surface area (Å²) in [6, 6.07) is 4.77. The second-order valence-electron chi connectivity index (χ2n) is 3.41. The largest absolute Gasteiger partial charge is 0.497 e. The molecular formula is C12H13NO6. The lowest BCUT2D eigenvalue weighted by atomic mass is 10.2. The van der Waals surface area contributed by atoms with Crippen LogP contribution in [0.25, 0.3) is 0 Å². The number of methoxy groups -OCH3 is 2. The summed E-state index contributed by atoms with van der Waals surface area (Å²) in [6.07, 6.45) is 0.888. The molecule has 1 aromatic rings. The van der Waals surface area contributed by atoms with Gasteiger partial charge < -0.3 is 25.0 Å². The summed E-state index contributed by atoms with van der Waals surface area (Å²) in [7, 11) is 2.93. The van der Waals surface area contributed by atoms with Crippen molar-refractivity contribution in [3.63, 3.8) is 0 Å². The van der Waals surface area contributed by atoms with E-state index >= 15 is 0 Å². The van der Waals surface area contributed by atoms with Crippen LogP contribution in [0.2, 0.25) is 0 Å². The molecule has 0 aliphatic rings. The number of anilines is 1. The molecule has 102 valence electrons. The zero-order chi connectivity index (χ0) is 14.4. The van der Waals surface area contributed by atoms with Crippen LogP contribution >= 0.6 is 0 Å². The van der Waals surface area contributed by atoms with Crippen molar-refractivity contribution in [3.05, 3.63) is 30.0 Å². The van der Waals surface area contributed by atoms with Gasteiger partial charge in [-0.05, 0) is 0 Å². The fraction of sp³-hybridized carbons (Fsp3) is 0.167. The Morgan fingerprint density at radius 1 is 1.05 bits per heavy atom. The molecule has 0 radical (unpaired) electrons. The molecule has 7 nitrogen and oxygen atoms in total. The molecule has 0 saturated carbocycles. The predicted molar refractivity (Wildman–Crippen MR) is 66.5 cm³/mol. The van der Waals surface area contributed by atoms with Crippen molar-refractivity contribution in [2.75, 3.05) is 19.5 Å². The van der Waals surface area contributed by atoms with Crippen molar-refractivity contribution < 1.29 is 29.3 Å². The number of hydrogen-bond acceptors (Lipinski definition) is 5. The number of aliphatic carboxylic acids is 2. The van der Waals surface area contributed by atoms with E-state index < -0.39 is 17.5 Å². The molecule has 3 N–H and O–H groups in total. The van der Waals surface area contributed by atoms with Crippen LogP contribution in [-0.2, 0) is 9.59 Å². The first-order valence-corrected chi connectivity index (χ1v) is 5.14. The van der Waals surface area contributed by atoms with E-state index in [1.807, 2.05) is 0 Å². The lowest BCUT2D eigenvalue weighted by molar-refractivity contribution is -0.140. The maximum absolute atomic E-state index is 10.7. The third kappa shape index (κ3) is 3.91. The number of carboxylic acids is 2. The number of carboxylic acid groups (broad SMARTS) is 2. The highest BCUT2D eigenvalue weighted by Gasteiger charge is 2.15. The summed E-state index contributed by atoms with van der Waals surface area (Å²) < 4.78 is 10.1. The Morgan fingerprint density at radius 2 is 1.53 bits per heavy atom. The zero-order valence-electron chi connectivity index (χ0n) is 10.3. The molecule has 0 saturated heterocycles. The van der Waals surface area contributed by atoms with Crippen molar-refractivity contribution in [1.29, 1.82) is 0 Å². The lowest BCUT2D eigenvalue weighted by Gasteiger charge is -2.08. The molecule has 19 heavy (non-hydrogen) atoms. The van der Waals surface area contributed by atoms with E-state index in [-0.39, 0.29) is 0 Å². The molecule has 0 heterocycles. The minimum absolute atomic E-state index is 0.441. The van der Waals surface area contributed by atoms with Crippen LogP contribution in [-0.4, -0.2) is 36.4 Å². The predicted octanol–water partition coefficient (Wildman–Crippen LogP) is 1.17. The summed E-state index contributed by atoms with van der Waals surface area (Å²) in [5.74, 6) is -2.09. The van der Waals surface area contributed by atoms with E-state index in [0.29, 0.717) is 17.2 Å². The average Bonchev–Trinajstić information content (AvgIpc) is 2.37. The smallest absolute Gasteiger partial charge is 0.344 e. The minimum atomic E-state index is -1.53. The number of benzene rings is 1. The summed E-state index contributed by atoms with van der Waals surface area (Å²) >= 11 is 0. The fourth-order valence-electron chi connectivity index (χ4n) is 1.26. The summed E-state index contributed by atoms with van der Waals surface area (Å²) in [5, 5.41) is 19.9. The lowest BCUT2D eigenvalue weighted by Crippen LogP contribution is -2.12. The Hall–Kier alpha value is -2.70. The first-order chi connectivity index (χ1) is 8.97. The first kappa shape index (κ1) is 14.4. The number of rotatable bonds is 6. The van der Waals surface area contributed by atoms with Gasteiger partial charge in [0, 0.05) is 30.1 Å². The van der Waals surface area contributed by atoms with Crippen LogP contribution in [0, 0.1) is 0 Å². The summed E-state index contributed by atoms with van der Waals surface area (Å²) in [5.41, 5.74) is -0.335. The van der Waals surface area contributed by atoms with E-state index in [4.69, 9.17) is 19.7 Å². The van der Waals surface area contributed by atoms with Crippen LogP contribution < -0.4 is 14.8 Å². The molecule has 0 amide bonds. The van der Waals surface area contributed by atoms with Crippen LogP contribution in [0.5, 0.6) is 11.5 Å². The monoisotopic (exact) mass is 267 g/mol. The van der Waals surface area contributed by atoms with Crippen LogP contribution in [0.3, 0.4) is 0 Å². The van der Waals surface area contributed by atoms with E-state index in [1.54, 1.807) is 18.2 Å². The topological polar surface area (TPSA) is 105 Å². The standard InChI is InChI=1S/C12H13NO6/c1-18-8-3-7(4-9(5-8)19-2)13-6-10(11(14)15)12(16)17/h3-6,13H,1-2H3,(H,14,15)(H,16,17). The zero-order valence-corrected chi connectivity index (χ0v) is 10.3. The minimum Gasteiger partial charge on any atom is -0.497 e. The molecule has 0 aliphatic heterocycles. The molecule has 0 bridgehead atoms. The van der Waals surface area contributed by atoms with Gasteiger partial charge in [0.25, 0.3) is 0 Å². The molecular weight excluding hydrogens is 254 g/mol. The molecule has 1 rings (SSSR count). The average molecular weight is 267 g/mol. The number of nitrogens with one attached hydrogen (secondary N) is 1. The third-order valence-electron chi connectivity index (χ3n) is 2.20. The van der Waals surface area contributed by atoms with Gasteiger partial charge in [0.2, 0.25) is 0 Å². The Kier molecular flexibility index (Phi) is 4.76. The highest BCUT2D eigenvalue weighted by Crippen LogP contribution is 2.25. The summed E-state index contributed by atoms with van der Waals surface area (Å²) in [4.78, 5) is 21.3. The highest BCUT2D eigenvalue weighted by atomic mass is 16.5. The van der Waals surface area contributed by atoms with E-state index in [2.05, 4.69) is 5.32 Å². The van der Waals surface area contributed by atoms with E-state index in [0.717, 1.165) is 6.20 Å². The van der Waals surface area contributed by atoms with Gasteiger partial charge in [-0.2, -0.15) is 0 Å². The maximum atomic E-state index is 10.7. The Bertz CT molecular complexity index is 485. The van der Waals surface area contributed by atoms with Crippen LogP contribution in [0.15, 0.2) is 30.0 Å². The SMILES string of the molecule is COc1cc(NC=C(C(=O)O)C(=O)O)cc(OC)c1. The molecule has 0 atom stereocenters. The van der Waals surface area contributed by atoms with Gasteiger partial charge in [-0.15, -0.1) is 0 Å². The van der Waals surface area contributed by atoms with Crippen molar-refractivity contribution in [2.24, 2.45) is 0 Å². The quantitative estimate of drug-likeness (QED) is 0.403. The van der Waals surface area contributed by atoms with E-state index in [1.165, 1.54) is 14.2 Å². The Morgan fingerprint density at radius 3 is 1.89 bits per heavy atom. The molecule has 0 unspecified atom stereocenters. The van der Waals surface area contributed by atoms with Crippen molar-refractivity contribution in [3.8, 4) is 11.5 Å². The van der Waals surface area contributed by atoms with Gasteiger partial charge in [-0.25, -0.2) is 9.59 Å². The molecule has 0 aromatic heterocycles. The van der Waals surface area contributed by atoms with Crippen molar-refractivity contribution in [1.82, 2.24) is 0 Å². The maximum Gasteiger partial charge on any atom is 0.344 e. The van der Waals surface area contributed by atoms with Crippen molar-refractivity contribution in [2.45, 2.75) is 0 Å². The number of hydrogen-bond donors (Lipinski definition) is 3. The van der Waals surface area contributed by atoms with Gasteiger partial charge in [0.15, 0.2) is 5.57 Å². The molecule has 1 aromatic carbocycles. The molecule has 0 spiro atoms. The van der Waals surface area contributed by atoms with Crippen LogP contribution in [0.4, 0.5) is 5.69 Å². The highest BCUT2D eigenvalue weighted by molar-refractivity contribution is 6.12.